The lowest BCUT2D eigenvalue weighted by Crippen LogP contribution is -2.49. The van der Waals surface area contributed by atoms with Crippen LogP contribution in [0.1, 0.15) is 63.6 Å². The Balaban J connectivity index is 1.86. The molecule has 0 aliphatic carbocycles. The first kappa shape index (κ1) is 23.8. The third-order valence-corrected chi connectivity index (χ3v) is 6.42. The zero-order chi connectivity index (χ0) is 23.1. The number of hydrogen-bond donors (Lipinski definition) is 1. The molecule has 1 fully saturated rings. The van der Waals surface area contributed by atoms with E-state index in [0.717, 1.165) is 24.0 Å². The maximum Gasteiger partial charge on any atom is 0.225 e. The largest absolute Gasteiger partial charge is 0.496 e. The SMILES string of the molecule is CCCCN1C(=O)CC[C@H](C(=O)NCC(C)(C)c2ccncc2)[C@@H]1c1ccccc1OC. The summed E-state index contributed by atoms with van der Waals surface area (Å²) in [5, 5.41) is 3.18. The normalized spacial score (nSPS) is 19.0. The van der Waals surface area contributed by atoms with E-state index in [-0.39, 0.29) is 29.2 Å². The number of methoxy groups -OCH3 is 1. The number of rotatable bonds is 9. The highest BCUT2D eigenvalue weighted by atomic mass is 16.5. The molecule has 1 aliphatic heterocycles. The number of nitrogens with one attached hydrogen (secondary N) is 1. The number of aromatic nitrogens is 1. The summed E-state index contributed by atoms with van der Waals surface area (Å²) in [6.45, 7) is 7.48. The van der Waals surface area contributed by atoms with Crippen molar-refractivity contribution in [2.75, 3.05) is 20.2 Å². The molecular weight excluding hydrogens is 402 g/mol. The molecular formula is C26H35N3O3. The molecule has 1 aromatic carbocycles. The molecule has 2 heterocycles. The van der Waals surface area contributed by atoms with E-state index in [1.54, 1.807) is 19.5 Å². The minimum Gasteiger partial charge on any atom is -0.496 e. The minimum absolute atomic E-state index is 0.0166. The number of pyridine rings is 1. The maximum atomic E-state index is 13.5. The Morgan fingerprint density at radius 2 is 1.94 bits per heavy atom. The van der Waals surface area contributed by atoms with Crippen molar-refractivity contribution in [3.05, 3.63) is 59.9 Å². The fraction of sp³-hybridized carbons (Fsp3) is 0.500. The molecule has 1 N–H and O–H groups in total. The lowest BCUT2D eigenvalue weighted by molar-refractivity contribution is -0.143. The number of ether oxygens (including phenoxy) is 1. The van der Waals surface area contributed by atoms with Crippen molar-refractivity contribution in [2.45, 2.75) is 57.9 Å². The first-order valence-electron chi connectivity index (χ1n) is 11.5. The van der Waals surface area contributed by atoms with Gasteiger partial charge in [-0.3, -0.25) is 14.6 Å². The van der Waals surface area contributed by atoms with Gasteiger partial charge in [0, 0.05) is 42.9 Å². The van der Waals surface area contributed by atoms with Crippen molar-refractivity contribution in [3.63, 3.8) is 0 Å². The Kier molecular flexibility index (Phi) is 7.89. The molecule has 6 nitrogen and oxygen atoms in total. The molecule has 2 amide bonds. The van der Waals surface area contributed by atoms with Crippen LogP contribution in [0.5, 0.6) is 5.75 Å². The van der Waals surface area contributed by atoms with E-state index in [0.29, 0.717) is 31.7 Å². The van der Waals surface area contributed by atoms with Crippen LogP contribution < -0.4 is 10.1 Å². The van der Waals surface area contributed by atoms with E-state index in [1.807, 2.05) is 41.3 Å². The number of hydrogen-bond acceptors (Lipinski definition) is 4. The monoisotopic (exact) mass is 437 g/mol. The molecule has 1 aromatic heterocycles. The second-order valence-corrected chi connectivity index (χ2v) is 9.11. The Morgan fingerprint density at radius 1 is 1.22 bits per heavy atom. The van der Waals surface area contributed by atoms with Crippen LogP contribution in [0.3, 0.4) is 0 Å². The highest BCUT2D eigenvalue weighted by Crippen LogP contribution is 2.41. The van der Waals surface area contributed by atoms with E-state index < -0.39 is 0 Å². The van der Waals surface area contributed by atoms with Crippen molar-refractivity contribution in [1.82, 2.24) is 15.2 Å². The van der Waals surface area contributed by atoms with Gasteiger partial charge in [-0.25, -0.2) is 0 Å². The quantitative estimate of drug-likeness (QED) is 0.636. The lowest BCUT2D eigenvalue weighted by Gasteiger charge is -2.41. The zero-order valence-corrected chi connectivity index (χ0v) is 19.6. The number of benzene rings is 1. The number of carbonyl (C=O) groups is 2. The third-order valence-electron chi connectivity index (χ3n) is 6.42. The summed E-state index contributed by atoms with van der Waals surface area (Å²) in [4.78, 5) is 32.4. The molecule has 0 bridgehead atoms. The second kappa shape index (κ2) is 10.6. The fourth-order valence-corrected chi connectivity index (χ4v) is 4.46. The Morgan fingerprint density at radius 3 is 2.62 bits per heavy atom. The van der Waals surface area contributed by atoms with Gasteiger partial charge in [0.15, 0.2) is 0 Å². The van der Waals surface area contributed by atoms with Gasteiger partial charge >= 0.3 is 0 Å². The first-order valence-corrected chi connectivity index (χ1v) is 11.5. The highest BCUT2D eigenvalue weighted by Gasteiger charge is 2.41. The molecule has 0 saturated carbocycles. The molecule has 0 radical (unpaired) electrons. The first-order chi connectivity index (χ1) is 15.4. The third kappa shape index (κ3) is 5.29. The second-order valence-electron chi connectivity index (χ2n) is 9.11. The van der Waals surface area contributed by atoms with E-state index in [4.69, 9.17) is 4.74 Å². The Bertz CT molecular complexity index is 914. The van der Waals surface area contributed by atoms with Gasteiger partial charge in [0.2, 0.25) is 11.8 Å². The van der Waals surface area contributed by atoms with Crippen molar-refractivity contribution >= 4 is 11.8 Å². The Hall–Kier alpha value is -2.89. The summed E-state index contributed by atoms with van der Waals surface area (Å²) in [5.74, 6) is 0.477. The van der Waals surface area contributed by atoms with Crippen molar-refractivity contribution in [2.24, 2.45) is 5.92 Å². The summed E-state index contributed by atoms with van der Waals surface area (Å²) < 4.78 is 5.61. The van der Waals surface area contributed by atoms with Crippen LogP contribution in [0, 0.1) is 5.92 Å². The molecule has 3 rings (SSSR count). The summed E-state index contributed by atoms with van der Waals surface area (Å²) in [5.41, 5.74) is 1.79. The minimum atomic E-state index is -0.331. The number of likely N-dealkylation sites (tertiary alicyclic amines) is 1. The van der Waals surface area contributed by atoms with Crippen LogP contribution in [-0.4, -0.2) is 41.9 Å². The predicted octanol–water partition coefficient (Wildman–Crippen LogP) is 4.26. The smallest absolute Gasteiger partial charge is 0.225 e. The van der Waals surface area contributed by atoms with Gasteiger partial charge in [-0.2, -0.15) is 0 Å². The molecule has 172 valence electrons. The number of unbranched alkanes of at least 4 members (excludes halogenated alkanes) is 1. The van der Waals surface area contributed by atoms with Crippen LogP contribution in [0.15, 0.2) is 48.8 Å². The van der Waals surface area contributed by atoms with E-state index in [2.05, 4.69) is 31.1 Å². The molecule has 0 spiro atoms. The summed E-state index contributed by atoms with van der Waals surface area (Å²) in [7, 11) is 1.63. The molecule has 0 unspecified atom stereocenters. The summed E-state index contributed by atoms with van der Waals surface area (Å²) in [6, 6.07) is 11.4. The van der Waals surface area contributed by atoms with Crippen LogP contribution in [0.25, 0.3) is 0 Å². The van der Waals surface area contributed by atoms with Gasteiger partial charge in [0.25, 0.3) is 0 Å². The van der Waals surface area contributed by atoms with Crippen molar-refractivity contribution in [3.8, 4) is 5.75 Å². The standard InChI is InChI=1S/C26H35N3O3/c1-5-6-17-29-23(30)12-11-21(24(29)20-9-7-8-10-22(20)32-4)25(31)28-18-26(2,3)19-13-15-27-16-14-19/h7-10,13-16,21,24H,5-6,11-12,17-18H2,1-4H3,(H,28,31)/t21-,24-/m0/s1. The molecule has 2 atom stereocenters. The predicted molar refractivity (Wildman–Crippen MR) is 125 cm³/mol. The van der Waals surface area contributed by atoms with E-state index in [1.165, 1.54) is 0 Å². The number of nitrogens with zero attached hydrogens (tertiary/aromatic N) is 2. The van der Waals surface area contributed by atoms with Gasteiger partial charge in [-0.15, -0.1) is 0 Å². The van der Waals surface area contributed by atoms with Gasteiger partial charge in [-0.1, -0.05) is 45.4 Å². The van der Waals surface area contributed by atoms with Gasteiger partial charge in [0.1, 0.15) is 5.75 Å². The van der Waals surface area contributed by atoms with Crippen LogP contribution in [-0.2, 0) is 15.0 Å². The topological polar surface area (TPSA) is 71.5 Å². The number of carbonyl (C=O) groups excluding carboxylic acids is 2. The molecule has 32 heavy (non-hydrogen) atoms. The van der Waals surface area contributed by atoms with E-state index in [9.17, 15) is 9.59 Å². The maximum absolute atomic E-state index is 13.5. The van der Waals surface area contributed by atoms with Crippen molar-refractivity contribution < 1.29 is 14.3 Å². The number of piperidine rings is 1. The fourth-order valence-electron chi connectivity index (χ4n) is 4.46. The highest BCUT2D eigenvalue weighted by molar-refractivity contribution is 5.85. The van der Waals surface area contributed by atoms with Crippen LogP contribution in [0.2, 0.25) is 0 Å². The molecule has 1 aliphatic rings. The van der Waals surface area contributed by atoms with Gasteiger partial charge in [0.05, 0.1) is 19.1 Å². The number of para-hydroxylation sites is 1. The van der Waals surface area contributed by atoms with Gasteiger partial charge < -0.3 is 15.0 Å². The number of amides is 2. The Labute approximate surface area is 191 Å². The summed E-state index contributed by atoms with van der Waals surface area (Å²) >= 11 is 0. The average molecular weight is 438 g/mol. The molecule has 6 heteroatoms. The average Bonchev–Trinajstić information content (AvgIpc) is 2.82. The zero-order valence-electron chi connectivity index (χ0n) is 19.6. The van der Waals surface area contributed by atoms with Gasteiger partial charge in [-0.05, 0) is 36.6 Å². The van der Waals surface area contributed by atoms with Crippen LogP contribution >= 0.6 is 0 Å². The molecule has 2 aromatic rings. The lowest BCUT2D eigenvalue weighted by atomic mass is 9.82. The van der Waals surface area contributed by atoms with E-state index >= 15 is 0 Å². The van der Waals surface area contributed by atoms with Crippen LogP contribution in [0.4, 0.5) is 0 Å². The molecule has 1 saturated heterocycles. The van der Waals surface area contributed by atoms with Crippen molar-refractivity contribution in [1.29, 1.82) is 0 Å². The summed E-state index contributed by atoms with van der Waals surface area (Å²) in [6.07, 6.45) is 6.36.